The fourth-order valence-corrected chi connectivity index (χ4v) is 3.82. The molecule has 0 atom stereocenters. The number of non-ortho nitro benzene ring substituents is 1. The Balaban J connectivity index is 1.51. The molecule has 12 heteroatoms. The zero-order valence-corrected chi connectivity index (χ0v) is 19.7. The summed E-state index contributed by atoms with van der Waals surface area (Å²) in [6.07, 6.45) is 1.57. The zero-order valence-electron chi connectivity index (χ0n) is 18.9. The second-order valence-electron chi connectivity index (χ2n) is 7.18. The highest BCUT2D eigenvalue weighted by Crippen LogP contribution is 2.38. The van der Waals surface area contributed by atoms with Gasteiger partial charge >= 0.3 is 5.69 Å². The van der Waals surface area contributed by atoms with Crippen LogP contribution < -0.4 is 14.9 Å². The SMILES string of the molecule is CCOc1cc(C=NNc2nc(-c3ccccc3)cs2)ccc1Oc1ccc([N+](=O)[O-])cc1[N+](=O)[O-]. The Morgan fingerprint density at radius 3 is 2.50 bits per heavy atom. The van der Waals surface area contributed by atoms with Crippen LogP contribution in [0.2, 0.25) is 0 Å². The van der Waals surface area contributed by atoms with Gasteiger partial charge in [0.25, 0.3) is 5.69 Å². The molecular formula is C24H19N5O6S. The van der Waals surface area contributed by atoms with Crippen molar-refractivity contribution in [2.75, 3.05) is 12.0 Å². The van der Waals surface area contributed by atoms with Gasteiger partial charge in [-0.3, -0.25) is 25.7 Å². The van der Waals surface area contributed by atoms with E-state index in [4.69, 9.17) is 9.47 Å². The number of nitrogens with one attached hydrogen (secondary N) is 1. The first-order chi connectivity index (χ1) is 17.4. The molecule has 0 unspecified atom stereocenters. The van der Waals surface area contributed by atoms with Gasteiger partial charge in [-0.05, 0) is 36.8 Å². The number of nitrogens with zero attached hydrogens (tertiary/aromatic N) is 4. The monoisotopic (exact) mass is 505 g/mol. The van der Waals surface area contributed by atoms with Gasteiger partial charge in [0.1, 0.15) is 0 Å². The van der Waals surface area contributed by atoms with E-state index in [1.165, 1.54) is 17.4 Å². The molecule has 4 aromatic rings. The van der Waals surface area contributed by atoms with Crippen molar-refractivity contribution < 1.29 is 19.3 Å². The summed E-state index contributed by atoms with van der Waals surface area (Å²) in [6, 6.07) is 17.9. The molecule has 36 heavy (non-hydrogen) atoms. The highest BCUT2D eigenvalue weighted by atomic mass is 32.1. The Kier molecular flexibility index (Phi) is 7.46. The van der Waals surface area contributed by atoms with Crippen molar-refractivity contribution in [2.45, 2.75) is 6.92 Å². The van der Waals surface area contributed by atoms with E-state index < -0.39 is 21.2 Å². The third kappa shape index (κ3) is 5.80. The Labute approximate surface area is 209 Å². The van der Waals surface area contributed by atoms with Gasteiger partial charge in [-0.1, -0.05) is 30.3 Å². The average Bonchev–Trinajstić information content (AvgIpc) is 3.35. The number of hydrogen-bond acceptors (Lipinski definition) is 10. The molecule has 1 heterocycles. The van der Waals surface area contributed by atoms with Crippen LogP contribution in [0.1, 0.15) is 12.5 Å². The number of benzene rings is 3. The van der Waals surface area contributed by atoms with Crippen molar-refractivity contribution in [3.63, 3.8) is 0 Å². The second-order valence-corrected chi connectivity index (χ2v) is 8.04. The summed E-state index contributed by atoms with van der Waals surface area (Å²) in [5.41, 5.74) is 4.50. The molecular weight excluding hydrogens is 486 g/mol. The molecule has 0 aliphatic carbocycles. The predicted octanol–water partition coefficient (Wildman–Crippen LogP) is 6.26. The van der Waals surface area contributed by atoms with E-state index in [0.29, 0.717) is 23.1 Å². The average molecular weight is 506 g/mol. The van der Waals surface area contributed by atoms with Crippen molar-refractivity contribution in [1.82, 2.24) is 4.98 Å². The molecule has 4 rings (SSSR count). The maximum atomic E-state index is 11.4. The number of hydrazone groups is 1. The van der Waals surface area contributed by atoms with Crippen LogP contribution >= 0.6 is 11.3 Å². The quantitative estimate of drug-likeness (QED) is 0.151. The molecule has 1 aromatic heterocycles. The van der Waals surface area contributed by atoms with Crippen LogP contribution in [0.5, 0.6) is 17.2 Å². The third-order valence-corrected chi connectivity index (χ3v) is 5.53. The molecule has 0 saturated heterocycles. The largest absolute Gasteiger partial charge is 0.490 e. The van der Waals surface area contributed by atoms with E-state index in [1.807, 2.05) is 35.7 Å². The molecule has 0 aliphatic heterocycles. The van der Waals surface area contributed by atoms with Gasteiger partial charge in [0.05, 0.1) is 34.4 Å². The maximum Gasteiger partial charge on any atom is 0.318 e. The zero-order chi connectivity index (χ0) is 25.5. The lowest BCUT2D eigenvalue weighted by Gasteiger charge is -2.12. The Morgan fingerprint density at radius 1 is 1.00 bits per heavy atom. The number of anilines is 1. The van der Waals surface area contributed by atoms with Crippen LogP contribution in [-0.4, -0.2) is 27.7 Å². The van der Waals surface area contributed by atoms with E-state index in [0.717, 1.165) is 23.4 Å². The van der Waals surface area contributed by atoms with Crippen molar-refractivity contribution in [3.8, 4) is 28.5 Å². The second kappa shape index (κ2) is 11.1. The summed E-state index contributed by atoms with van der Waals surface area (Å²) in [7, 11) is 0. The molecule has 0 bridgehead atoms. The van der Waals surface area contributed by atoms with Crippen LogP contribution in [0.15, 0.2) is 77.2 Å². The smallest absolute Gasteiger partial charge is 0.318 e. The summed E-state index contributed by atoms with van der Waals surface area (Å²) in [4.78, 5) is 25.4. The lowest BCUT2D eigenvalue weighted by atomic mass is 10.2. The number of rotatable bonds is 10. The third-order valence-electron chi connectivity index (χ3n) is 4.79. The number of thiazole rings is 1. The first-order valence-electron chi connectivity index (χ1n) is 10.6. The highest BCUT2D eigenvalue weighted by molar-refractivity contribution is 7.14. The van der Waals surface area contributed by atoms with Crippen molar-refractivity contribution in [2.24, 2.45) is 5.10 Å². The Bertz CT molecular complexity index is 1420. The fourth-order valence-electron chi connectivity index (χ4n) is 3.15. The summed E-state index contributed by atoms with van der Waals surface area (Å²) in [5, 5.41) is 29.2. The number of nitro benzene ring substituents is 2. The Hall–Kier alpha value is -4.84. The first-order valence-corrected chi connectivity index (χ1v) is 11.5. The number of aromatic nitrogens is 1. The molecule has 1 N–H and O–H groups in total. The lowest BCUT2D eigenvalue weighted by Crippen LogP contribution is -1.99. The van der Waals surface area contributed by atoms with Gasteiger partial charge in [0.2, 0.25) is 10.9 Å². The predicted molar refractivity (Wildman–Crippen MR) is 136 cm³/mol. The van der Waals surface area contributed by atoms with E-state index in [-0.39, 0.29) is 11.5 Å². The summed E-state index contributed by atoms with van der Waals surface area (Å²) in [6.45, 7) is 2.10. The van der Waals surface area contributed by atoms with Gasteiger partial charge in [-0.25, -0.2) is 4.98 Å². The van der Waals surface area contributed by atoms with E-state index in [1.54, 1.807) is 31.3 Å². The normalized spacial score (nSPS) is 10.8. The fraction of sp³-hybridized carbons (Fsp3) is 0.0833. The Morgan fingerprint density at radius 2 is 1.78 bits per heavy atom. The summed E-state index contributed by atoms with van der Waals surface area (Å²) < 4.78 is 11.3. The minimum Gasteiger partial charge on any atom is -0.490 e. The molecule has 0 amide bonds. The van der Waals surface area contributed by atoms with Crippen molar-refractivity contribution in [3.05, 3.63) is 97.9 Å². The van der Waals surface area contributed by atoms with Crippen molar-refractivity contribution >= 4 is 34.1 Å². The van der Waals surface area contributed by atoms with Gasteiger partial charge in [0, 0.05) is 17.0 Å². The molecule has 182 valence electrons. The minimum atomic E-state index is -0.739. The number of hydrogen-bond donors (Lipinski definition) is 1. The molecule has 0 radical (unpaired) electrons. The van der Waals surface area contributed by atoms with Gasteiger partial charge in [-0.2, -0.15) is 5.10 Å². The van der Waals surface area contributed by atoms with E-state index in [2.05, 4.69) is 15.5 Å². The molecule has 0 fully saturated rings. The first kappa shape index (κ1) is 24.3. The van der Waals surface area contributed by atoms with Crippen LogP contribution in [0, 0.1) is 20.2 Å². The maximum absolute atomic E-state index is 11.4. The van der Waals surface area contributed by atoms with Crippen molar-refractivity contribution in [1.29, 1.82) is 0 Å². The molecule has 0 saturated carbocycles. The standard InChI is InChI=1S/C24H19N5O6S/c1-2-34-23-12-16(14-25-27-24-26-19(15-36-24)17-6-4-3-5-7-17)8-10-22(23)35-21-11-9-18(28(30)31)13-20(21)29(32)33/h3-15H,2H2,1H3,(H,26,27). The van der Waals surface area contributed by atoms with Crippen LogP contribution in [0.4, 0.5) is 16.5 Å². The lowest BCUT2D eigenvalue weighted by molar-refractivity contribution is -0.394. The van der Waals surface area contributed by atoms with Gasteiger partial charge in [0.15, 0.2) is 11.5 Å². The van der Waals surface area contributed by atoms with Gasteiger partial charge in [-0.15, -0.1) is 11.3 Å². The topological polar surface area (TPSA) is 142 Å². The number of ether oxygens (including phenoxy) is 2. The molecule has 11 nitrogen and oxygen atoms in total. The number of nitro groups is 2. The van der Waals surface area contributed by atoms with Crippen LogP contribution in [0.3, 0.4) is 0 Å². The van der Waals surface area contributed by atoms with Crippen LogP contribution in [-0.2, 0) is 0 Å². The van der Waals surface area contributed by atoms with E-state index >= 15 is 0 Å². The van der Waals surface area contributed by atoms with Gasteiger partial charge < -0.3 is 9.47 Å². The highest BCUT2D eigenvalue weighted by Gasteiger charge is 2.22. The van der Waals surface area contributed by atoms with Crippen LogP contribution in [0.25, 0.3) is 11.3 Å². The summed E-state index contributed by atoms with van der Waals surface area (Å²) >= 11 is 1.42. The molecule has 3 aromatic carbocycles. The summed E-state index contributed by atoms with van der Waals surface area (Å²) in [5.74, 6) is 0.397. The minimum absolute atomic E-state index is 0.146. The molecule has 0 spiro atoms. The van der Waals surface area contributed by atoms with E-state index in [9.17, 15) is 20.2 Å². The molecule has 0 aliphatic rings.